The molecule has 2 N–H and O–H groups in total. The van der Waals surface area contributed by atoms with Gasteiger partial charge in [-0.15, -0.1) is 0 Å². The van der Waals surface area contributed by atoms with Crippen molar-refractivity contribution in [3.8, 4) is 0 Å². The van der Waals surface area contributed by atoms with Crippen molar-refractivity contribution in [2.75, 3.05) is 18.0 Å². The summed E-state index contributed by atoms with van der Waals surface area (Å²) in [6.07, 6.45) is 3.84. The fourth-order valence-corrected chi connectivity index (χ4v) is 3.33. The molecule has 3 nitrogen and oxygen atoms in total. The van der Waals surface area contributed by atoms with E-state index in [4.69, 9.17) is 10.2 Å². The van der Waals surface area contributed by atoms with Gasteiger partial charge in [0, 0.05) is 18.2 Å². The van der Waals surface area contributed by atoms with Gasteiger partial charge in [-0.05, 0) is 43.1 Å². The second-order valence-electron chi connectivity index (χ2n) is 5.42. The summed E-state index contributed by atoms with van der Waals surface area (Å²) in [6, 6.07) is 13.1. The molecule has 106 valence electrons. The van der Waals surface area contributed by atoms with Gasteiger partial charge in [-0.25, -0.2) is 0 Å². The van der Waals surface area contributed by atoms with E-state index < -0.39 is 0 Å². The summed E-state index contributed by atoms with van der Waals surface area (Å²) in [4.78, 5) is 2.48. The Kier molecular flexibility index (Phi) is 3.79. The molecule has 0 saturated carbocycles. The number of hydrogen-bond donors (Lipinski definition) is 1. The van der Waals surface area contributed by atoms with Crippen LogP contribution in [-0.4, -0.2) is 13.1 Å². The number of hydrogen-bond acceptors (Lipinski definition) is 3. The number of benzene rings is 1. The number of para-hydroxylation sites is 1. The van der Waals surface area contributed by atoms with Crippen LogP contribution in [0.3, 0.4) is 0 Å². The van der Waals surface area contributed by atoms with Gasteiger partial charge in [-0.3, -0.25) is 0 Å². The van der Waals surface area contributed by atoms with E-state index in [0.29, 0.717) is 12.0 Å². The quantitative estimate of drug-likeness (QED) is 0.901. The molecule has 0 bridgehead atoms. The molecule has 0 saturated heterocycles. The van der Waals surface area contributed by atoms with Gasteiger partial charge in [0.2, 0.25) is 0 Å². The molecule has 0 amide bonds. The van der Waals surface area contributed by atoms with E-state index >= 15 is 0 Å². The SMILES string of the molecule is CCC(c1ccco1)N1CC(CCN)c2ccccc21. The van der Waals surface area contributed by atoms with Gasteiger partial charge in [-0.2, -0.15) is 0 Å². The van der Waals surface area contributed by atoms with Crippen LogP contribution in [0.5, 0.6) is 0 Å². The van der Waals surface area contributed by atoms with Crippen LogP contribution < -0.4 is 10.6 Å². The molecule has 3 heteroatoms. The zero-order valence-electron chi connectivity index (χ0n) is 12.0. The molecule has 3 rings (SSSR count). The van der Waals surface area contributed by atoms with Crippen LogP contribution in [0.1, 0.15) is 43.0 Å². The number of anilines is 1. The first-order valence-corrected chi connectivity index (χ1v) is 7.44. The summed E-state index contributed by atoms with van der Waals surface area (Å²) in [5.41, 5.74) is 8.55. The third-order valence-corrected chi connectivity index (χ3v) is 4.25. The van der Waals surface area contributed by atoms with Crippen molar-refractivity contribution in [2.24, 2.45) is 5.73 Å². The van der Waals surface area contributed by atoms with Crippen LogP contribution in [0.15, 0.2) is 47.1 Å². The highest BCUT2D eigenvalue weighted by atomic mass is 16.3. The summed E-state index contributed by atoms with van der Waals surface area (Å²) >= 11 is 0. The summed E-state index contributed by atoms with van der Waals surface area (Å²) < 4.78 is 5.64. The summed E-state index contributed by atoms with van der Waals surface area (Å²) in [7, 11) is 0. The molecule has 1 aliphatic heterocycles. The number of rotatable bonds is 5. The Hall–Kier alpha value is -1.74. The molecular formula is C17H22N2O. The Balaban J connectivity index is 1.94. The minimum absolute atomic E-state index is 0.314. The smallest absolute Gasteiger partial charge is 0.126 e. The number of furan rings is 1. The molecule has 1 aromatic heterocycles. The van der Waals surface area contributed by atoms with Crippen LogP contribution in [0.4, 0.5) is 5.69 Å². The lowest BCUT2D eigenvalue weighted by Crippen LogP contribution is -2.27. The Morgan fingerprint density at radius 2 is 2.15 bits per heavy atom. The molecule has 2 unspecified atom stereocenters. The lowest BCUT2D eigenvalue weighted by Gasteiger charge is -2.28. The van der Waals surface area contributed by atoms with Crippen LogP contribution in [0.25, 0.3) is 0 Å². The van der Waals surface area contributed by atoms with Gasteiger partial charge in [0.1, 0.15) is 5.76 Å². The first kappa shape index (κ1) is 13.3. The molecule has 0 fully saturated rings. The van der Waals surface area contributed by atoms with Crippen molar-refractivity contribution >= 4 is 5.69 Å². The van der Waals surface area contributed by atoms with Gasteiger partial charge in [-0.1, -0.05) is 25.1 Å². The van der Waals surface area contributed by atoms with Gasteiger partial charge >= 0.3 is 0 Å². The van der Waals surface area contributed by atoms with E-state index in [9.17, 15) is 0 Å². The first-order valence-electron chi connectivity index (χ1n) is 7.44. The molecule has 1 aliphatic rings. The monoisotopic (exact) mass is 270 g/mol. The lowest BCUT2D eigenvalue weighted by atomic mass is 9.98. The van der Waals surface area contributed by atoms with Gasteiger partial charge in [0.15, 0.2) is 0 Å². The largest absolute Gasteiger partial charge is 0.467 e. The van der Waals surface area contributed by atoms with Crippen molar-refractivity contribution in [3.05, 3.63) is 54.0 Å². The average molecular weight is 270 g/mol. The lowest BCUT2D eigenvalue weighted by molar-refractivity contribution is 0.438. The van der Waals surface area contributed by atoms with Crippen molar-refractivity contribution < 1.29 is 4.42 Å². The summed E-state index contributed by atoms with van der Waals surface area (Å²) in [6.45, 7) is 3.99. The van der Waals surface area contributed by atoms with E-state index in [1.54, 1.807) is 6.26 Å². The number of nitrogens with zero attached hydrogens (tertiary/aromatic N) is 1. The molecule has 1 aromatic carbocycles. The molecule has 0 radical (unpaired) electrons. The maximum atomic E-state index is 5.78. The van der Waals surface area contributed by atoms with Crippen molar-refractivity contribution in [1.29, 1.82) is 0 Å². The second-order valence-corrected chi connectivity index (χ2v) is 5.42. The Morgan fingerprint density at radius 3 is 2.85 bits per heavy atom. The van der Waals surface area contributed by atoms with E-state index in [-0.39, 0.29) is 0 Å². The first-order chi connectivity index (χ1) is 9.85. The van der Waals surface area contributed by atoms with Gasteiger partial charge in [0.25, 0.3) is 0 Å². The van der Waals surface area contributed by atoms with Crippen molar-refractivity contribution in [1.82, 2.24) is 0 Å². The fourth-order valence-electron chi connectivity index (χ4n) is 3.33. The topological polar surface area (TPSA) is 42.4 Å². The molecule has 2 heterocycles. The summed E-state index contributed by atoms with van der Waals surface area (Å²) in [5, 5.41) is 0. The molecule has 0 aliphatic carbocycles. The zero-order chi connectivity index (χ0) is 13.9. The molecular weight excluding hydrogens is 248 g/mol. The maximum Gasteiger partial charge on any atom is 0.126 e. The van der Waals surface area contributed by atoms with E-state index in [2.05, 4.69) is 42.2 Å². The van der Waals surface area contributed by atoms with Crippen LogP contribution in [0, 0.1) is 0 Å². The Labute approximate surface area is 120 Å². The van der Waals surface area contributed by atoms with E-state index in [1.165, 1.54) is 11.3 Å². The zero-order valence-corrected chi connectivity index (χ0v) is 12.0. The third-order valence-electron chi connectivity index (χ3n) is 4.25. The highest BCUT2D eigenvalue weighted by molar-refractivity contribution is 5.61. The molecule has 20 heavy (non-hydrogen) atoms. The average Bonchev–Trinajstić information content (AvgIpc) is 3.11. The van der Waals surface area contributed by atoms with Crippen LogP contribution in [-0.2, 0) is 0 Å². The van der Waals surface area contributed by atoms with Crippen LogP contribution >= 0.6 is 0 Å². The number of nitrogens with two attached hydrogens (primary N) is 1. The van der Waals surface area contributed by atoms with Gasteiger partial charge < -0.3 is 15.1 Å². The predicted octanol–water partition coefficient (Wildman–Crippen LogP) is 3.68. The highest BCUT2D eigenvalue weighted by Gasteiger charge is 2.33. The third kappa shape index (κ3) is 2.22. The second kappa shape index (κ2) is 5.71. The Morgan fingerprint density at radius 1 is 1.30 bits per heavy atom. The van der Waals surface area contributed by atoms with Gasteiger partial charge in [0.05, 0.1) is 12.3 Å². The highest BCUT2D eigenvalue weighted by Crippen LogP contribution is 2.43. The predicted molar refractivity (Wildman–Crippen MR) is 81.9 cm³/mol. The Bertz CT molecular complexity index is 550. The van der Waals surface area contributed by atoms with Crippen molar-refractivity contribution in [3.63, 3.8) is 0 Å². The molecule has 2 atom stereocenters. The standard InChI is InChI=1S/C17H22N2O/c1-2-15(17-8-5-11-20-17)19-12-13(9-10-18)14-6-3-4-7-16(14)19/h3-8,11,13,15H,2,9-10,12,18H2,1H3. The minimum atomic E-state index is 0.314. The molecule has 0 spiro atoms. The minimum Gasteiger partial charge on any atom is -0.467 e. The van der Waals surface area contributed by atoms with E-state index in [0.717, 1.165) is 31.7 Å². The summed E-state index contributed by atoms with van der Waals surface area (Å²) in [5.74, 6) is 1.59. The normalized spacial score (nSPS) is 19.1. The van der Waals surface area contributed by atoms with Crippen LogP contribution in [0.2, 0.25) is 0 Å². The molecule has 2 aromatic rings. The van der Waals surface area contributed by atoms with E-state index in [1.807, 2.05) is 6.07 Å². The maximum absolute atomic E-state index is 5.78. The number of fused-ring (bicyclic) bond motifs is 1. The van der Waals surface area contributed by atoms with Crippen molar-refractivity contribution in [2.45, 2.75) is 31.7 Å². The fraction of sp³-hybridized carbons (Fsp3) is 0.412.